The summed E-state index contributed by atoms with van der Waals surface area (Å²) in [6.07, 6.45) is 0. The fourth-order valence-electron chi connectivity index (χ4n) is 1.94. The lowest BCUT2D eigenvalue weighted by Crippen LogP contribution is -2.33. The van der Waals surface area contributed by atoms with Gasteiger partial charge in [0.1, 0.15) is 0 Å². The lowest BCUT2D eigenvalue weighted by molar-refractivity contribution is 0.202. The van der Waals surface area contributed by atoms with Crippen molar-refractivity contribution in [3.8, 4) is 5.69 Å². The van der Waals surface area contributed by atoms with Crippen molar-refractivity contribution >= 4 is 11.8 Å². The molecule has 0 aliphatic heterocycles. The van der Waals surface area contributed by atoms with E-state index in [0.29, 0.717) is 5.82 Å². The first-order chi connectivity index (χ1) is 10.0. The molecule has 2 aromatic rings. The van der Waals surface area contributed by atoms with Crippen molar-refractivity contribution < 1.29 is 9.90 Å². The number of carbonyl (C=O) groups is 1. The number of nitrogens with zero attached hydrogens (tertiary/aromatic N) is 3. The summed E-state index contributed by atoms with van der Waals surface area (Å²) >= 11 is 0. The number of aliphatic hydroxyl groups excluding tert-OH is 1. The number of amides is 2. The molecule has 0 saturated heterocycles. The van der Waals surface area contributed by atoms with Crippen LogP contribution < -0.4 is 5.32 Å². The summed E-state index contributed by atoms with van der Waals surface area (Å²) in [7, 11) is 1.62. The molecule has 1 aromatic heterocycles. The fraction of sp³-hybridized carbons (Fsp3) is 0.333. The zero-order valence-corrected chi connectivity index (χ0v) is 12.5. The molecule has 0 aliphatic carbocycles. The Kier molecular flexibility index (Phi) is 4.59. The van der Waals surface area contributed by atoms with E-state index in [4.69, 9.17) is 5.11 Å². The third kappa shape index (κ3) is 3.61. The molecular weight excluding hydrogens is 268 g/mol. The number of aryl methyl sites for hydroxylation is 2. The van der Waals surface area contributed by atoms with Crippen molar-refractivity contribution in [3.63, 3.8) is 0 Å². The monoisotopic (exact) mass is 288 g/mol. The number of hydrogen-bond donors (Lipinski definition) is 2. The Morgan fingerprint density at radius 2 is 2.00 bits per heavy atom. The Morgan fingerprint density at radius 1 is 1.33 bits per heavy atom. The van der Waals surface area contributed by atoms with Crippen molar-refractivity contribution in [3.05, 3.63) is 41.6 Å². The summed E-state index contributed by atoms with van der Waals surface area (Å²) < 4.78 is 1.78. The molecule has 2 rings (SSSR count). The van der Waals surface area contributed by atoms with Gasteiger partial charge in [0.25, 0.3) is 0 Å². The summed E-state index contributed by atoms with van der Waals surface area (Å²) in [4.78, 5) is 13.3. The second-order valence-electron chi connectivity index (χ2n) is 4.99. The number of urea groups is 1. The van der Waals surface area contributed by atoms with E-state index in [1.165, 1.54) is 10.5 Å². The van der Waals surface area contributed by atoms with Gasteiger partial charge < -0.3 is 10.0 Å². The number of anilines is 1. The standard InChI is InChI=1S/C15H20N4O2/c1-11-4-6-13(7-5-11)19-12(2)10-14(17-19)16-15(21)18(3)8-9-20/h4-7,10,20H,8-9H2,1-3H3,(H,16,17,21). The van der Waals surface area contributed by atoms with Gasteiger partial charge in [0.2, 0.25) is 0 Å². The lowest BCUT2D eigenvalue weighted by atomic mass is 10.2. The Hall–Kier alpha value is -2.34. The summed E-state index contributed by atoms with van der Waals surface area (Å²) in [5.74, 6) is 0.489. The van der Waals surface area contributed by atoms with Crippen LogP contribution in [0.2, 0.25) is 0 Å². The highest BCUT2D eigenvalue weighted by Crippen LogP contribution is 2.15. The van der Waals surface area contributed by atoms with Crippen molar-refractivity contribution in [2.45, 2.75) is 13.8 Å². The zero-order chi connectivity index (χ0) is 15.4. The van der Waals surface area contributed by atoms with Crippen molar-refractivity contribution in [1.82, 2.24) is 14.7 Å². The molecule has 0 unspecified atom stereocenters. The largest absolute Gasteiger partial charge is 0.395 e. The van der Waals surface area contributed by atoms with Crippen LogP contribution in [0, 0.1) is 13.8 Å². The molecule has 0 bridgehead atoms. The predicted octanol–water partition coefficient (Wildman–Crippen LogP) is 1.95. The summed E-state index contributed by atoms with van der Waals surface area (Å²) in [6, 6.07) is 9.52. The molecule has 0 spiro atoms. The maximum absolute atomic E-state index is 11.9. The van der Waals surface area contributed by atoms with Gasteiger partial charge in [-0.2, -0.15) is 0 Å². The Balaban J connectivity index is 2.16. The SMILES string of the molecule is Cc1ccc(-n2nc(NC(=O)N(C)CCO)cc2C)cc1. The van der Waals surface area contributed by atoms with Crippen LogP contribution >= 0.6 is 0 Å². The topological polar surface area (TPSA) is 70.4 Å². The summed E-state index contributed by atoms with van der Waals surface area (Å²) in [5, 5.41) is 15.9. The average molecular weight is 288 g/mol. The maximum Gasteiger partial charge on any atom is 0.322 e. The maximum atomic E-state index is 11.9. The Morgan fingerprint density at radius 3 is 2.62 bits per heavy atom. The minimum absolute atomic E-state index is 0.0687. The van der Waals surface area contributed by atoms with Crippen LogP contribution in [0.25, 0.3) is 5.69 Å². The van der Waals surface area contributed by atoms with Gasteiger partial charge in [-0.05, 0) is 26.0 Å². The molecular formula is C15H20N4O2. The number of rotatable bonds is 4. The normalized spacial score (nSPS) is 10.5. The third-order valence-corrected chi connectivity index (χ3v) is 3.18. The van der Waals surface area contributed by atoms with E-state index < -0.39 is 0 Å². The van der Waals surface area contributed by atoms with Crippen molar-refractivity contribution in [2.75, 3.05) is 25.5 Å². The van der Waals surface area contributed by atoms with E-state index >= 15 is 0 Å². The van der Waals surface area contributed by atoms with E-state index in [9.17, 15) is 4.79 Å². The average Bonchev–Trinajstić information content (AvgIpc) is 2.80. The van der Waals surface area contributed by atoms with Crippen LogP contribution in [-0.4, -0.2) is 46.0 Å². The quantitative estimate of drug-likeness (QED) is 0.903. The van der Waals surface area contributed by atoms with Gasteiger partial charge in [-0.3, -0.25) is 5.32 Å². The van der Waals surface area contributed by atoms with E-state index in [1.807, 2.05) is 44.2 Å². The number of aromatic nitrogens is 2. The molecule has 0 fully saturated rings. The van der Waals surface area contributed by atoms with Crippen molar-refractivity contribution in [1.29, 1.82) is 0 Å². The number of likely N-dealkylation sites (N-methyl/N-ethyl adjacent to an activating group) is 1. The van der Waals surface area contributed by atoms with E-state index in [-0.39, 0.29) is 19.2 Å². The number of nitrogens with one attached hydrogen (secondary N) is 1. The minimum atomic E-state index is -0.294. The molecule has 0 atom stereocenters. The van der Waals surface area contributed by atoms with Gasteiger partial charge in [-0.25, -0.2) is 9.48 Å². The van der Waals surface area contributed by atoms with E-state index in [2.05, 4.69) is 10.4 Å². The fourth-order valence-corrected chi connectivity index (χ4v) is 1.94. The van der Waals surface area contributed by atoms with Gasteiger partial charge in [0.05, 0.1) is 12.3 Å². The van der Waals surface area contributed by atoms with E-state index in [1.54, 1.807) is 11.7 Å². The molecule has 6 nitrogen and oxygen atoms in total. The minimum Gasteiger partial charge on any atom is -0.395 e. The van der Waals surface area contributed by atoms with Gasteiger partial charge in [-0.15, -0.1) is 5.10 Å². The Bertz CT molecular complexity index is 619. The molecule has 2 amide bonds. The summed E-state index contributed by atoms with van der Waals surface area (Å²) in [6.45, 7) is 4.17. The first-order valence-electron chi connectivity index (χ1n) is 6.78. The first-order valence-corrected chi connectivity index (χ1v) is 6.78. The zero-order valence-electron chi connectivity index (χ0n) is 12.5. The molecule has 2 N–H and O–H groups in total. The lowest BCUT2D eigenvalue weighted by Gasteiger charge is -2.15. The number of hydrogen-bond acceptors (Lipinski definition) is 3. The van der Waals surface area contributed by atoms with Gasteiger partial charge in [0, 0.05) is 25.4 Å². The van der Waals surface area contributed by atoms with Crippen LogP contribution in [0.3, 0.4) is 0 Å². The highest BCUT2D eigenvalue weighted by molar-refractivity contribution is 5.88. The molecule has 21 heavy (non-hydrogen) atoms. The third-order valence-electron chi connectivity index (χ3n) is 3.18. The molecule has 0 radical (unpaired) electrons. The van der Waals surface area contributed by atoms with Gasteiger partial charge >= 0.3 is 6.03 Å². The van der Waals surface area contributed by atoms with Crippen LogP contribution in [0.5, 0.6) is 0 Å². The molecule has 0 aliphatic rings. The van der Waals surface area contributed by atoms with Crippen LogP contribution in [0.4, 0.5) is 10.6 Å². The second-order valence-corrected chi connectivity index (χ2v) is 4.99. The number of benzene rings is 1. The Labute approximate surface area is 124 Å². The van der Waals surface area contributed by atoms with Crippen molar-refractivity contribution in [2.24, 2.45) is 0 Å². The molecule has 1 aromatic carbocycles. The predicted molar refractivity (Wildman–Crippen MR) is 81.8 cm³/mol. The smallest absolute Gasteiger partial charge is 0.322 e. The van der Waals surface area contributed by atoms with Crippen LogP contribution in [-0.2, 0) is 0 Å². The number of carbonyl (C=O) groups excluding carboxylic acids is 1. The molecule has 112 valence electrons. The van der Waals surface area contributed by atoms with Gasteiger partial charge in [0.15, 0.2) is 5.82 Å². The van der Waals surface area contributed by atoms with E-state index in [0.717, 1.165) is 11.4 Å². The first kappa shape index (κ1) is 15.1. The highest BCUT2D eigenvalue weighted by atomic mass is 16.3. The van der Waals surface area contributed by atoms with Crippen LogP contribution in [0.15, 0.2) is 30.3 Å². The second kappa shape index (κ2) is 6.41. The summed E-state index contributed by atoms with van der Waals surface area (Å²) in [5.41, 5.74) is 3.06. The molecule has 6 heteroatoms. The molecule has 0 saturated carbocycles. The highest BCUT2D eigenvalue weighted by Gasteiger charge is 2.12. The van der Waals surface area contributed by atoms with Gasteiger partial charge in [-0.1, -0.05) is 17.7 Å². The number of aliphatic hydroxyl groups is 1. The van der Waals surface area contributed by atoms with Crippen LogP contribution in [0.1, 0.15) is 11.3 Å². The molecule has 1 heterocycles.